The number of benzene rings is 1. The van der Waals surface area contributed by atoms with Gasteiger partial charge in [0.15, 0.2) is 0 Å². The summed E-state index contributed by atoms with van der Waals surface area (Å²) < 4.78 is 13.1. The van der Waals surface area contributed by atoms with Gasteiger partial charge in [0.25, 0.3) is 0 Å². The molecule has 0 N–H and O–H groups in total. The first kappa shape index (κ1) is 13.0. The zero-order valence-corrected chi connectivity index (χ0v) is 11.5. The Labute approximate surface area is 110 Å². The van der Waals surface area contributed by atoms with E-state index in [0.717, 1.165) is 15.7 Å². The molecule has 1 aromatic carbocycles. The number of halogens is 1. The summed E-state index contributed by atoms with van der Waals surface area (Å²) in [6, 6.07) is 6.62. The Bertz CT molecular complexity index is 524. The second-order valence-electron chi connectivity index (χ2n) is 4.56. The van der Waals surface area contributed by atoms with Crippen molar-refractivity contribution in [3.8, 4) is 0 Å². The maximum atomic E-state index is 13.1. The van der Waals surface area contributed by atoms with Crippen molar-refractivity contribution in [2.24, 2.45) is 0 Å². The predicted molar refractivity (Wildman–Crippen MR) is 72.5 cm³/mol. The van der Waals surface area contributed by atoms with E-state index < -0.39 is 0 Å². The van der Waals surface area contributed by atoms with Crippen molar-refractivity contribution in [3.05, 3.63) is 40.7 Å². The van der Waals surface area contributed by atoms with Gasteiger partial charge >= 0.3 is 0 Å². The molecular formula is C13H16FN3S. The zero-order valence-electron chi connectivity index (χ0n) is 10.7. The third kappa shape index (κ3) is 3.04. The molecule has 1 heterocycles. The quantitative estimate of drug-likeness (QED) is 0.848. The van der Waals surface area contributed by atoms with E-state index in [-0.39, 0.29) is 5.82 Å². The summed E-state index contributed by atoms with van der Waals surface area (Å²) in [4.78, 5) is 1.98. The molecular weight excluding hydrogens is 249 g/mol. The van der Waals surface area contributed by atoms with Gasteiger partial charge in [-0.05, 0) is 17.7 Å². The molecule has 2 rings (SSSR count). The Morgan fingerprint density at radius 1 is 1.33 bits per heavy atom. The summed E-state index contributed by atoms with van der Waals surface area (Å²) in [5.74, 6) is 0.180. The Kier molecular flexibility index (Phi) is 3.91. The molecule has 0 aliphatic rings. The molecule has 0 saturated carbocycles. The van der Waals surface area contributed by atoms with Crippen LogP contribution in [0, 0.1) is 5.82 Å². The Morgan fingerprint density at radius 3 is 2.72 bits per heavy atom. The Hall–Kier alpha value is -1.49. The fourth-order valence-corrected chi connectivity index (χ4v) is 2.40. The highest BCUT2D eigenvalue weighted by Crippen LogP contribution is 2.25. The van der Waals surface area contributed by atoms with Crippen LogP contribution in [0.4, 0.5) is 9.52 Å². The van der Waals surface area contributed by atoms with Gasteiger partial charge in [0.1, 0.15) is 10.8 Å². The molecule has 5 heteroatoms. The van der Waals surface area contributed by atoms with Crippen molar-refractivity contribution in [2.75, 3.05) is 11.9 Å². The molecule has 0 atom stereocenters. The highest BCUT2D eigenvalue weighted by molar-refractivity contribution is 7.15. The second-order valence-corrected chi connectivity index (χ2v) is 5.55. The van der Waals surface area contributed by atoms with Gasteiger partial charge in [-0.1, -0.05) is 37.3 Å². The van der Waals surface area contributed by atoms with Crippen molar-refractivity contribution in [1.82, 2.24) is 10.2 Å². The minimum Gasteiger partial charge on any atom is -0.345 e. The fraction of sp³-hybridized carbons (Fsp3) is 0.385. The van der Waals surface area contributed by atoms with E-state index in [0.29, 0.717) is 12.5 Å². The molecule has 1 aromatic heterocycles. The molecule has 96 valence electrons. The summed E-state index contributed by atoms with van der Waals surface area (Å²) in [6.07, 6.45) is 0. The molecule has 0 amide bonds. The number of rotatable bonds is 4. The lowest BCUT2D eigenvalue weighted by Gasteiger charge is -2.14. The molecule has 3 nitrogen and oxygen atoms in total. The van der Waals surface area contributed by atoms with Gasteiger partial charge in [-0.2, -0.15) is 0 Å². The van der Waals surface area contributed by atoms with E-state index in [1.807, 2.05) is 18.0 Å². The lowest BCUT2D eigenvalue weighted by atomic mass is 10.2. The van der Waals surface area contributed by atoms with E-state index in [1.165, 1.54) is 6.07 Å². The highest BCUT2D eigenvalue weighted by Gasteiger charge is 2.11. The van der Waals surface area contributed by atoms with E-state index >= 15 is 0 Å². The molecule has 0 radical (unpaired) electrons. The second kappa shape index (κ2) is 5.44. The maximum Gasteiger partial charge on any atom is 0.208 e. The minimum absolute atomic E-state index is 0.207. The number of hydrogen-bond donors (Lipinski definition) is 0. The summed E-state index contributed by atoms with van der Waals surface area (Å²) in [5.41, 5.74) is 0.929. The average molecular weight is 265 g/mol. The first-order valence-electron chi connectivity index (χ1n) is 5.85. The first-order valence-corrected chi connectivity index (χ1v) is 6.67. The average Bonchev–Trinajstić information content (AvgIpc) is 2.78. The summed E-state index contributed by atoms with van der Waals surface area (Å²) in [7, 11) is 1.94. The van der Waals surface area contributed by atoms with Crippen LogP contribution in [0.5, 0.6) is 0 Å². The normalized spacial score (nSPS) is 10.9. The molecule has 2 aromatic rings. The van der Waals surface area contributed by atoms with Crippen LogP contribution in [0.3, 0.4) is 0 Å². The van der Waals surface area contributed by atoms with Gasteiger partial charge in [-0.3, -0.25) is 0 Å². The summed E-state index contributed by atoms with van der Waals surface area (Å²) in [6.45, 7) is 4.82. The van der Waals surface area contributed by atoms with Crippen molar-refractivity contribution < 1.29 is 4.39 Å². The van der Waals surface area contributed by atoms with E-state index in [1.54, 1.807) is 23.5 Å². The van der Waals surface area contributed by atoms with Gasteiger partial charge in [0.05, 0.1) is 0 Å². The van der Waals surface area contributed by atoms with Crippen LogP contribution in [0.25, 0.3) is 0 Å². The molecule has 0 unspecified atom stereocenters. The van der Waals surface area contributed by atoms with E-state index in [2.05, 4.69) is 24.0 Å². The molecule has 0 saturated heterocycles. The van der Waals surface area contributed by atoms with Crippen LogP contribution in [0.1, 0.15) is 30.3 Å². The highest BCUT2D eigenvalue weighted by atomic mass is 32.1. The number of hydrogen-bond acceptors (Lipinski definition) is 4. The van der Waals surface area contributed by atoms with E-state index in [4.69, 9.17) is 0 Å². The standard InChI is InChI=1S/C13H16FN3S/c1-9(2)12-15-16-13(18-12)17(3)8-10-5-4-6-11(14)7-10/h4-7,9H,8H2,1-3H3. The molecule has 0 aliphatic heterocycles. The van der Waals surface area contributed by atoms with E-state index in [9.17, 15) is 4.39 Å². The summed E-state index contributed by atoms with van der Waals surface area (Å²) in [5, 5.41) is 10.2. The van der Waals surface area contributed by atoms with Crippen LogP contribution < -0.4 is 4.90 Å². The number of nitrogens with zero attached hydrogens (tertiary/aromatic N) is 3. The topological polar surface area (TPSA) is 29.0 Å². The smallest absolute Gasteiger partial charge is 0.208 e. The van der Waals surface area contributed by atoms with Gasteiger partial charge in [0.2, 0.25) is 5.13 Å². The molecule has 0 spiro atoms. The third-order valence-corrected chi connectivity index (χ3v) is 3.90. The number of anilines is 1. The Morgan fingerprint density at radius 2 is 2.11 bits per heavy atom. The predicted octanol–water partition coefficient (Wildman–Crippen LogP) is 3.44. The molecule has 18 heavy (non-hydrogen) atoms. The van der Waals surface area contributed by atoms with Crippen molar-refractivity contribution in [1.29, 1.82) is 0 Å². The zero-order chi connectivity index (χ0) is 13.1. The number of aromatic nitrogens is 2. The first-order chi connectivity index (χ1) is 8.56. The van der Waals surface area contributed by atoms with Crippen LogP contribution in [-0.2, 0) is 6.54 Å². The molecule has 0 aliphatic carbocycles. The molecule has 0 fully saturated rings. The SMILES string of the molecule is CC(C)c1nnc(N(C)Cc2cccc(F)c2)s1. The summed E-state index contributed by atoms with van der Waals surface area (Å²) >= 11 is 1.58. The van der Waals surface area contributed by atoms with Crippen LogP contribution >= 0.6 is 11.3 Å². The lowest BCUT2D eigenvalue weighted by molar-refractivity contribution is 0.625. The van der Waals surface area contributed by atoms with Gasteiger partial charge < -0.3 is 4.90 Å². The van der Waals surface area contributed by atoms with Crippen molar-refractivity contribution in [2.45, 2.75) is 26.3 Å². The van der Waals surface area contributed by atoms with Crippen LogP contribution in [-0.4, -0.2) is 17.2 Å². The van der Waals surface area contributed by atoms with Crippen molar-refractivity contribution in [3.63, 3.8) is 0 Å². The lowest BCUT2D eigenvalue weighted by Crippen LogP contribution is -2.16. The Balaban J connectivity index is 2.09. The van der Waals surface area contributed by atoms with Gasteiger partial charge in [-0.25, -0.2) is 4.39 Å². The third-order valence-electron chi connectivity index (χ3n) is 2.56. The maximum absolute atomic E-state index is 13.1. The van der Waals surface area contributed by atoms with Crippen molar-refractivity contribution >= 4 is 16.5 Å². The van der Waals surface area contributed by atoms with Gasteiger partial charge in [0, 0.05) is 19.5 Å². The van der Waals surface area contributed by atoms with Gasteiger partial charge in [-0.15, -0.1) is 10.2 Å². The monoisotopic (exact) mass is 265 g/mol. The van der Waals surface area contributed by atoms with Crippen LogP contribution in [0.2, 0.25) is 0 Å². The minimum atomic E-state index is -0.207. The molecule has 0 bridgehead atoms. The van der Waals surface area contributed by atoms with Crippen LogP contribution in [0.15, 0.2) is 24.3 Å². The largest absolute Gasteiger partial charge is 0.345 e. The fourth-order valence-electron chi connectivity index (χ4n) is 1.59.